The summed E-state index contributed by atoms with van der Waals surface area (Å²) in [5.74, 6) is -3.35. The number of nitrogens with one attached hydrogen (secondary N) is 1. The fourth-order valence-corrected chi connectivity index (χ4v) is 1.38. The van der Waals surface area contributed by atoms with Crippen LogP contribution in [-0.4, -0.2) is 35.9 Å². The molecule has 0 aliphatic carbocycles. The van der Waals surface area contributed by atoms with Crippen molar-refractivity contribution in [3.8, 4) is 0 Å². The first-order valence-electron chi connectivity index (χ1n) is 5.40. The summed E-state index contributed by atoms with van der Waals surface area (Å²) in [5.41, 5.74) is 5.54. The van der Waals surface area contributed by atoms with Crippen molar-refractivity contribution in [2.24, 2.45) is 11.7 Å². The fraction of sp³-hybridized carbons (Fsp3) is 0.900. The standard InChI is InChI=1S/C10H19F3N2O2/c1-6(2)15-5-8(14)3-7(4-9(16)17)10(11,12)13/h6-8,15H,3-5,14H2,1-2H3,(H,16,17). The lowest BCUT2D eigenvalue weighted by Gasteiger charge is -2.23. The molecule has 7 heteroatoms. The van der Waals surface area contributed by atoms with E-state index < -0.39 is 30.5 Å². The summed E-state index contributed by atoms with van der Waals surface area (Å²) in [6.45, 7) is 3.94. The number of hydrogen-bond acceptors (Lipinski definition) is 3. The van der Waals surface area contributed by atoms with Crippen LogP contribution in [0, 0.1) is 5.92 Å². The molecule has 0 rings (SSSR count). The molecule has 0 amide bonds. The third-order valence-electron chi connectivity index (χ3n) is 2.26. The molecule has 0 saturated carbocycles. The summed E-state index contributed by atoms with van der Waals surface area (Å²) >= 11 is 0. The topological polar surface area (TPSA) is 75.3 Å². The number of aliphatic carboxylic acids is 1. The van der Waals surface area contributed by atoms with E-state index in [9.17, 15) is 18.0 Å². The van der Waals surface area contributed by atoms with Crippen molar-refractivity contribution in [3.05, 3.63) is 0 Å². The van der Waals surface area contributed by atoms with Gasteiger partial charge in [0.25, 0.3) is 0 Å². The van der Waals surface area contributed by atoms with Gasteiger partial charge in [-0.1, -0.05) is 13.8 Å². The largest absolute Gasteiger partial charge is 0.481 e. The fourth-order valence-electron chi connectivity index (χ4n) is 1.38. The first-order chi connectivity index (χ1) is 7.62. The Hall–Kier alpha value is -0.820. The molecule has 0 fully saturated rings. The molecule has 2 unspecified atom stereocenters. The lowest BCUT2D eigenvalue weighted by atomic mass is 9.96. The Labute approximate surface area is 98.4 Å². The Morgan fingerprint density at radius 1 is 1.41 bits per heavy atom. The van der Waals surface area contributed by atoms with E-state index in [1.54, 1.807) is 0 Å². The second-order valence-corrected chi connectivity index (χ2v) is 4.40. The van der Waals surface area contributed by atoms with Gasteiger partial charge >= 0.3 is 12.1 Å². The van der Waals surface area contributed by atoms with Gasteiger partial charge in [0.1, 0.15) is 0 Å². The average molecular weight is 256 g/mol. The summed E-state index contributed by atoms with van der Waals surface area (Å²) in [7, 11) is 0. The number of rotatable bonds is 7. The van der Waals surface area contributed by atoms with Crippen molar-refractivity contribution in [3.63, 3.8) is 0 Å². The van der Waals surface area contributed by atoms with Crippen LogP contribution < -0.4 is 11.1 Å². The van der Waals surface area contributed by atoms with Crippen LogP contribution in [0.5, 0.6) is 0 Å². The number of carbonyl (C=O) groups is 1. The highest BCUT2D eigenvalue weighted by molar-refractivity contribution is 5.67. The zero-order valence-electron chi connectivity index (χ0n) is 9.92. The minimum absolute atomic E-state index is 0.130. The van der Waals surface area contributed by atoms with Crippen LogP contribution in [0.15, 0.2) is 0 Å². The Balaban J connectivity index is 4.28. The number of halogens is 3. The van der Waals surface area contributed by atoms with Crippen molar-refractivity contribution in [1.29, 1.82) is 0 Å². The smallest absolute Gasteiger partial charge is 0.392 e. The minimum atomic E-state index is -4.52. The molecule has 0 radical (unpaired) electrons. The third kappa shape index (κ3) is 7.98. The van der Waals surface area contributed by atoms with Gasteiger partial charge < -0.3 is 16.2 Å². The van der Waals surface area contributed by atoms with Crippen molar-refractivity contribution in [2.45, 2.75) is 44.9 Å². The van der Waals surface area contributed by atoms with Crippen molar-refractivity contribution >= 4 is 5.97 Å². The van der Waals surface area contributed by atoms with Gasteiger partial charge in [-0.05, 0) is 6.42 Å². The van der Waals surface area contributed by atoms with E-state index in [1.807, 2.05) is 13.8 Å². The second kappa shape index (κ2) is 6.80. The molecule has 0 aromatic heterocycles. The maximum absolute atomic E-state index is 12.5. The van der Waals surface area contributed by atoms with E-state index in [4.69, 9.17) is 10.8 Å². The highest BCUT2D eigenvalue weighted by Gasteiger charge is 2.41. The van der Waals surface area contributed by atoms with Crippen molar-refractivity contribution in [2.75, 3.05) is 6.54 Å². The summed E-state index contributed by atoms with van der Waals surface area (Å²) in [5, 5.41) is 11.3. The molecule has 0 spiro atoms. The van der Waals surface area contributed by atoms with E-state index in [2.05, 4.69) is 5.32 Å². The maximum Gasteiger partial charge on any atom is 0.392 e. The van der Waals surface area contributed by atoms with Crippen LogP contribution in [0.1, 0.15) is 26.7 Å². The number of alkyl halides is 3. The van der Waals surface area contributed by atoms with Crippen LogP contribution >= 0.6 is 0 Å². The molecule has 0 saturated heterocycles. The lowest BCUT2D eigenvalue weighted by Crippen LogP contribution is -2.41. The number of nitrogens with two attached hydrogens (primary N) is 1. The van der Waals surface area contributed by atoms with Gasteiger partial charge in [0, 0.05) is 18.6 Å². The summed E-state index contributed by atoms with van der Waals surface area (Å²) in [6.07, 6.45) is -5.83. The highest BCUT2D eigenvalue weighted by Crippen LogP contribution is 2.32. The van der Waals surface area contributed by atoms with Gasteiger partial charge in [-0.15, -0.1) is 0 Å². The van der Waals surface area contributed by atoms with Crippen LogP contribution in [0.3, 0.4) is 0 Å². The Morgan fingerprint density at radius 3 is 2.29 bits per heavy atom. The van der Waals surface area contributed by atoms with Gasteiger partial charge in [0.15, 0.2) is 0 Å². The number of hydrogen-bond donors (Lipinski definition) is 3. The molecular formula is C10H19F3N2O2. The quantitative estimate of drug-likeness (QED) is 0.643. The first-order valence-corrected chi connectivity index (χ1v) is 5.40. The molecule has 102 valence electrons. The molecule has 0 aliphatic heterocycles. The zero-order chi connectivity index (χ0) is 13.6. The first kappa shape index (κ1) is 16.2. The number of carboxylic acids is 1. The monoisotopic (exact) mass is 256 g/mol. The van der Waals surface area contributed by atoms with Gasteiger partial charge in [-0.25, -0.2) is 0 Å². The molecule has 0 heterocycles. The molecule has 2 atom stereocenters. The summed E-state index contributed by atoms with van der Waals surface area (Å²) in [6, 6.07) is -0.576. The third-order valence-corrected chi connectivity index (χ3v) is 2.26. The zero-order valence-corrected chi connectivity index (χ0v) is 9.92. The van der Waals surface area contributed by atoms with Crippen LogP contribution in [0.2, 0.25) is 0 Å². The number of carboxylic acid groups (broad SMARTS) is 1. The summed E-state index contributed by atoms with van der Waals surface area (Å²) < 4.78 is 37.5. The van der Waals surface area contributed by atoms with Gasteiger partial charge in [0.05, 0.1) is 12.3 Å². The van der Waals surface area contributed by atoms with E-state index in [0.29, 0.717) is 0 Å². The van der Waals surface area contributed by atoms with E-state index >= 15 is 0 Å². The van der Waals surface area contributed by atoms with Crippen molar-refractivity contribution < 1.29 is 23.1 Å². The normalized spacial score (nSPS) is 15.9. The van der Waals surface area contributed by atoms with Crippen LogP contribution in [-0.2, 0) is 4.79 Å². The van der Waals surface area contributed by atoms with E-state index in [-0.39, 0.29) is 19.0 Å². The molecule has 0 bridgehead atoms. The second-order valence-electron chi connectivity index (χ2n) is 4.40. The average Bonchev–Trinajstić information content (AvgIpc) is 2.11. The molecule has 17 heavy (non-hydrogen) atoms. The predicted octanol–water partition coefficient (Wildman–Crippen LogP) is 1.35. The van der Waals surface area contributed by atoms with Gasteiger partial charge in [-0.3, -0.25) is 4.79 Å². The molecular weight excluding hydrogens is 237 g/mol. The molecule has 4 N–H and O–H groups in total. The van der Waals surface area contributed by atoms with Crippen LogP contribution in [0.25, 0.3) is 0 Å². The predicted molar refractivity (Wildman–Crippen MR) is 57.5 cm³/mol. The van der Waals surface area contributed by atoms with Crippen LogP contribution in [0.4, 0.5) is 13.2 Å². The maximum atomic E-state index is 12.5. The lowest BCUT2D eigenvalue weighted by molar-refractivity contribution is -0.185. The Morgan fingerprint density at radius 2 is 1.94 bits per heavy atom. The van der Waals surface area contributed by atoms with E-state index in [1.165, 1.54) is 0 Å². The molecule has 0 aromatic rings. The minimum Gasteiger partial charge on any atom is -0.481 e. The SMILES string of the molecule is CC(C)NCC(N)CC(CC(=O)O)C(F)(F)F. The summed E-state index contributed by atoms with van der Waals surface area (Å²) in [4.78, 5) is 10.3. The van der Waals surface area contributed by atoms with Gasteiger partial charge in [-0.2, -0.15) is 13.2 Å². The molecule has 4 nitrogen and oxygen atoms in total. The van der Waals surface area contributed by atoms with Crippen molar-refractivity contribution in [1.82, 2.24) is 5.32 Å². The van der Waals surface area contributed by atoms with E-state index in [0.717, 1.165) is 0 Å². The Kier molecular flexibility index (Phi) is 6.48. The van der Waals surface area contributed by atoms with Gasteiger partial charge in [0.2, 0.25) is 0 Å². The highest BCUT2D eigenvalue weighted by atomic mass is 19.4. The Bertz CT molecular complexity index is 244. The molecule has 0 aliphatic rings. The molecule has 0 aromatic carbocycles.